The van der Waals surface area contributed by atoms with Crippen LogP contribution in [0.5, 0.6) is 0 Å². The number of hydrogen-bond acceptors (Lipinski definition) is 3. The van der Waals surface area contributed by atoms with Gasteiger partial charge in [0.25, 0.3) is 0 Å². The lowest BCUT2D eigenvalue weighted by Gasteiger charge is -1.96. The van der Waals surface area contributed by atoms with E-state index in [0.29, 0.717) is 11.6 Å². The Balaban J connectivity index is 2.70. The van der Waals surface area contributed by atoms with Crippen molar-refractivity contribution in [2.45, 2.75) is 6.42 Å². The fraction of sp³-hybridized carbons (Fsp3) is 0.125. The summed E-state index contributed by atoms with van der Waals surface area (Å²) in [5.41, 5.74) is 1.55. The minimum absolute atomic E-state index is 0.321. The molecule has 0 bridgehead atoms. The lowest BCUT2D eigenvalue weighted by Crippen LogP contribution is -1.97. The summed E-state index contributed by atoms with van der Waals surface area (Å²) in [6, 6.07) is 5.68. The van der Waals surface area contributed by atoms with Crippen LogP contribution >= 0.6 is 11.6 Å². The van der Waals surface area contributed by atoms with Gasteiger partial charge >= 0.3 is 0 Å². The van der Waals surface area contributed by atoms with Crippen molar-refractivity contribution >= 4 is 17.1 Å². The summed E-state index contributed by atoms with van der Waals surface area (Å²) in [4.78, 5) is 3.83. The zero-order valence-electron chi connectivity index (χ0n) is 6.61. The number of rotatable bonds is 1. The fourth-order valence-electron chi connectivity index (χ4n) is 1.17. The van der Waals surface area contributed by atoms with E-state index in [-0.39, 0.29) is 0 Å². The van der Waals surface area contributed by atoms with E-state index in [1.807, 2.05) is 6.07 Å². The zero-order chi connectivity index (χ0) is 9.26. The molecule has 0 atom stereocenters. The summed E-state index contributed by atoms with van der Waals surface area (Å²) in [6.45, 7) is 0. The third-order valence-corrected chi connectivity index (χ3v) is 2.03. The summed E-state index contributed by atoms with van der Waals surface area (Å²) in [5, 5.41) is 12.9. The van der Waals surface area contributed by atoms with Gasteiger partial charge in [0.2, 0.25) is 0 Å². The predicted octanol–water partition coefficient (Wildman–Crippen LogP) is 1.45. The number of nitrogens with zero attached hydrogens (tertiary/aromatic N) is 4. The molecular weight excluding hydrogens is 188 g/mol. The van der Waals surface area contributed by atoms with Gasteiger partial charge in [-0.3, -0.25) is 0 Å². The molecule has 0 amide bonds. The minimum atomic E-state index is 0.321. The van der Waals surface area contributed by atoms with Crippen LogP contribution in [0.3, 0.4) is 0 Å². The average molecular weight is 193 g/mol. The molecule has 2 aromatic rings. The van der Waals surface area contributed by atoms with E-state index in [4.69, 9.17) is 16.9 Å². The van der Waals surface area contributed by atoms with Crippen LogP contribution in [-0.2, 0) is 6.42 Å². The smallest absolute Gasteiger partial charge is 0.156 e. The maximum Gasteiger partial charge on any atom is 0.156 e. The maximum atomic E-state index is 8.53. The normalized spacial score (nSPS) is 10.2. The molecule has 0 aliphatic heterocycles. The number of fused-ring (bicyclic) bond motifs is 1. The molecule has 4 nitrogen and oxygen atoms in total. The van der Waals surface area contributed by atoms with Gasteiger partial charge in [-0.1, -0.05) is 11.6 Å². The predicted molar refractivity (Wildman–Crippen MR) is 47.3 cm³/mol. The quantitative estimate of drug-likeness (QED) is 0.687. The van der Waals surface area contributed by atoms with Crippen LogP contribution in [0, 0.1) is 11.3 Å². The van der Waals surface area contributed by atoms with E-state index in [1.165, 1.54) is 6.33 Å². The molecule has 0 aliphatic carbocycles. The molecule has 2 heterocycles. The van der Waals surface area contributed by atoms with Crippen LogP contribution in [0.15, 0.2) is 18.5 Å². The molecule has 0 radical (unpaired) electrons. The van der Waals surface area contributed by atoms with Gasteiger partial charge in [0, 0.05) is 0 Å². The summed E-state index contributed by atoms with van der Waals surface area (Å²) >= 11 is 5.82. The second-order valence-corrected chi connectivity index (χ2v) is 2.87. The average Bonchev–Trinajstić information content (AvgIpc) is 2.51. The Hall–Kier alpha value is -1.60. The first-order chi connectivity index (χ1) is 6.33. The van der Waals surface area contributed by atoms with Gasteiger partial charge in [-0.2, -0.15) is 10.4 Å². The van der Waals surface area contributed by atoms with E-state index >= 15 is 0 Å². The van der Waals surface area contributed by atoms with Crippen LogP contribution in [0.25, 0.3) is 5.52 Å². The third-order valence-electron chi connectivity index (χ3n) is 1.74. The SMILES string of the molecule is N#CCc1ccc2c(Cl)ncnn12. The number of nitriles is 1. The van der Waals surface area contributed by atoms with Gasteiger partial charge in [-0.25, -0.2) is 9.50 Å². The van der Waals surface area contributed by atoms with Crippen molar-refractivity contribution < 1.29 is 0 Å². The molecule has 0 spiro atoms. The van der Waals surface area contributed by atoms with Crippen molar-refractivity contribution in [1.29, 1.82) is 5.26 Å². The number of halogens is 1. The monoisotopic (exact) mass is 192 g/mol. The van der Waals surface area contributed by atoms with Crippen LogP contribution in [0.4, 0.5) is 0 Å². The Kier molecular flexibility index (Phi) is 1.87. The lowest BCUT2D eigenvalue weighted by atomic mass is 10.3. The Bertz CT molecular complexity index is 482. The van der Waals surface area contributed by atoms with Gasteiger partial charge in [0.1, 0.15) is 11.8 Å². The first-order valence-electron chi connectivity index (χ1n) is 3.67. The number of hydrogen-bond donors (Lipinski definition) is 0. The highest BCUT2D eigenvalue weighted by atomic mass is 35.5. The second kappa shape index (κ2) is 3.04. The molecular formula is C8H5ClN4. The van der Waals surface area contributed by atoms with Crippen molar-refractivity contribution in [3.8, 4) is 6.07 Å². The highest BCUT2D eigenvalue weighted by Crippen LogP contribution is 2.15. The molecule has 64 valence electrons. The van der Waals surface area contributed by atoms with E-state index in [0.717, 1.165) is 11.2 Å². The Morgan fingerprint density at radius 1 is 1.54 bits per heavy atom. The van der Waals surface area contributed by atoms with Crippen molar-refractivity contribution in [2.24, 2.45) is 0 Å². The first kappa shape index (κ1) is 8.02. The van der Waals surface area contributed by atoms with Gasteiger partial charge < -0.3 is 0 Å². The second-order valence-electron chi connectivity index (χ2n) is 2.51. The minimum Gasteiger partial charge on any atom is -0.232 e. The highest BCUT2D eigenvalue weighted by molar-refractivity contribution is 6.32. The van der Waals surface area contributed by atoms with Gasteiger partial charge in [0.05, 0.1) is 18.2 Å². The van der Waals surface area contributed by atoms with Crippen molar-refractivity contribution in [1.82, 2.24) is 14.6 Å². The van der Waals surface area contributed by atoms with Crippen LogP contribution in [0.1, 0.15) is 5.69 Å². The van der Waals surface area contributed by atoms with Crippen molar-refractivity contribution in [3.63, 3.8) is 0 Å². The summed E-state index contributed by atoms with van der Waals surface area (Å²) in [5.74, 6) is 0. The summed E-state index contributed by atoms with van der Waals surface area (Å²) < 4.78 is 1.62. The van der Waals surface area contributed by atoms with Crippen LogP contribution < -0.4 is 0 Å². The molecule has 2 rings (SSSR count). The van der Waals surface area contributed by atoms with Gasteiger partial charge in [-0.15, -0.1) is 0 Å². The fourth-order valence-corrected chi connectivity index (χ4v) is 1.36. The molecule has 13 heavy (non-hydrogen) atoms. The van der Waals surface area contributed by atoms with E-state index in [9.17, 15) is 0 Å². The summed E-state index contributed by atoms with van der Waals surface area (Å²) in [6.07, 6.45) is 1.69. The van der Waals surface area contributed by atoms with Crippen LogP contribution in [0.2, 0.25) is 5.15 Å². The largest absolute Gasteiger partial charge is 0.232 e. The molecule has 0 fully saturated rings. The molecule has 0 saturated carbocycles. The molecule has 0 unspecified atom stereocenters. The topological polar surface area (TPSA) is 54.0 Å². The Morgan fingerprint density at radius 2 is 2.38 bits per heavy atom. The standard InChI is InChI=1S/C8H5ClN4/c9-8-7-2-1-6(3-4-10)13(7)12-5-11-8/h1-2,5H,3H2. The number of aromatic nitrogens is 3. The Labute approximate surface area is 79.4 Å². The van der Waals surface area contributed by atoms with E-state index in [2.05, 4.69) is 16.2 Å². The van der Waals surface area contributed by atoms with E-state index in [1.54, 1.807) is 10.6 Å². The van der Waals surface area contributed by atoms with Crippen LogP contribution in [-0.4, -0.2) is 14.6 Å². The molecule has 0 aromatic carbocycles. The Morgan fingerprint density at radius 3 is 3.15 bits per heavy atom. The summed E-state index contributed by atoms with van der Waals surface area (Å²) in [7, 11) is 0. The molecule has 0 aliphatic rings. The molecule has 0 saturated heterocycles. The lowest BCUT2D eigenvalue weighted by molar-refractivity contribution is 0.856. The zero-order valence-corrected chi connectivity index (χ0v) is 7.36. The van der Waals surface area contributed by atoms with E-state index < -0.39 is 0 Å². The van der Waals surface area contributed by atoms with Gasteiger partial charge in [-0.05, 0) is 12.1 Å². The van der Waals surface area contributed by atoms with Gasteiger partial charge in [0.15, 0.2) is 5.15 Å². The third kappa shape index (κ3) is 1.23. The van der Waals surface area contributed by atoms with Crippen molar-refractivity contribution in [2.75, 3.05) is 0 Å². The molecule has 2 aromatic heterocycles. The maximum absolute atomic E-state index is 8.53. The molecule has 5 heteroatoms. The van der Waals surface area contributed by atoms with Crippen molar-refractivity contribution in [3.05, 3.63) is 29.3 Å². The highest BCUT2D eigenvalue weighted by Gasteiger charge is 2.05. The molecule has 0 N–H and O–H groups in total. The first-order valence-corrected chi connectivity index (χ1v) is 4.05.